The molecule has 132 valence electrons. The molecule has 3 aromatic rings. The number of hydrogen-bond donors (Lipinski definition) is 1. The Kier molecular flexibility index (Phi) is 4.03. The Morgan fingerprint density at radius 2 is 1.96 bits per heavy atom. The third kappa shape index (κ3) is 2.87. The number of aromatic nitrogens is 4. The van der Waals surface area contributed by atoms with Crippen LogP contribution in [0.1, 0.15) is 36.4 Å². The van der Waals surface area contributed by atoms with Gasteiger partial charge in [-0.15, -0.1) is 0 Å². The normalized spacial score (nSPS) is 13.0. The summed E-state index contributed by atoms with van der Waals surface area (Å²) in [6.45, 7) is 6.90. The minimum absolute atomic E-state index is 0.299. The van der Waals surface area contributed by atoms with E-state index in [1.807, 2.05) is 49.4 Å². The van der Waals surface area contributed by atoms with E-state index in [0.29, 0.717) is 12.6 Å². The number of nitrogens with one attached hydrogen (secondary N) is 1. The van der Waals surface area contributed by atoms with Crippen molar-refractivity contribution in [2.45, 2.75) is 33.4 Å². The van der Waals surface area contributed by atoms with Crippen LogP contribution in [0.2, 0.25) is 0 Å². The van der Waals surface area contributed by atoms with Crippen molar-refractivity contribution >= 4 is 11.5 Å². The fraction of sp³-hybridized carbons (Fsp3) is 0.300. The van der Waals surface area contributed by atoms with Gasteiger partial charge in [0, 0.05) is 42.8 Å². The zero-order valence-corrected chi connectivity index (χ0v) is 15.5. The summed E-state index contributed by atoms with van der Waals surface area (Å²) in [5.74, 6) is 0.874. The largest absolute Gasteiger partial charge is 0.367 e. The second-order valence-electron chi connectivity index (χ2n) is 6.89. The highest BCUT2D eigenvalue weighted by atomic mass is 15.2. The first-order chi connectivity index (χ1) is 12.5. The summed E-state index contributed by atoms with van der Waals surface area (Å²) in [4.78, 5) is 13.9. The van der Waals surface area contributed by atoms with Gasteiger partial charge in [-0.2, -0.15) is 5.10 Å². The fourth-order valence-electron chi connectivity index (χ4n) is 3.34. The minimum atomic E-state index is 0.299. The lowest BCUT2D eigenvalue weighted by atomic mass is 10.0. The van der Waals surface area contributed by atoms with E-state index >= 15 is 0 Å². The van der Waals surface area contributed by atoms with E-state index in [9.17, 15) is 0 Å². The van der Waals surface area contributed by atoms with Crippen LogP contribution >= 0.6 is 0 Å². The van der Waals surface area contributed by atoms with Crippen molar-refractivity contribution in [3.63, 3.8) is 0 Å². The van der Waals surface area contributed by atoms with Gasteiger partial charge in [0.15, 0.2) is 0 Å². The lowest BCUT2D eigenvalue weighted by molar-refractivity contribution is 0.756. The topological polar surface area (TPSA) is 68.0 Å². The van der Waals surface area contributed by atoms with E-state index in [1.54, 1.807) is 0 Å². The number of pyridine rings is 2. The number of aryl methyl sites for hydroxylation is 2. The Morgan fingerprint density at radius 3 is 2.69 bits per heavy atom. The van der Waals surface area contributed by atoms with E-state index in [1.165, 1.54) is 5.56 Å². The van der Waals surface area contributed by atoms with Gasteiger partial charge in [0.1, 0.15) is 5.82 Å². The highest BCUT2D eigenvalue weighted by Crippen LogP contribution is 2.30. The van der Waals surface area contributed by atoms with Gasteiger partial charge in [-0.3, -0.25) is 14.7 Å². The summed E-state index contributed by atoms with van der Waals surface area (Å²) in [5, 5.41) is 7.87. The zero-order valence-electron chi connectivity index (χ0n) is 15.5. The molecular weight excluding hydrogens is 324 g/mol. The first-order valence-electron chi connectivity index (χ1n) is 8.79. The van der Waals surface area contributed by atoms with Crippen LogP contribution in [0.3, 0.4) is 0 Å². The number of rotatable bonds is 4. The van der Waals surface area contributed by atoms with Crippen LogP contribution in [0.4, 0.5) is 5.82 Å². The molecule has 1 aliphatic heterocycles. The average Bonchev–Trinajstić information content (AvgIpc) is 3.18. The smallest absolute Gasteiger partial charge is 0.136 e. The van der Waals surface area contributed by atoms with E-state index in [4.69, 9.17) is 4.99 Å². The lowest BCUT2D eigenvalue weighted by Gasteiger charge is -2.14. The molecule has 0 amide bonds. The van der Waals surface area contributed by atoms with Crippen molar-refractivity contribution in [2.24, 2.45) is 12.0 Å². The maximum atomic E-state index is 4.76. The Bertz CT molecular complexity index is 999. The number of hydrogen-bond acceptors (Lipinski definition) is 5. The van der Waals surface area contributed by atoms with Gasteiger partial charge < -0.3 is 5.32 Å². The van der Waals surface area contributed by atoms with E-state index in [-0.39, 0.29) is 0 Å². The highest BCUT2D eigenvalue weighted by molar-refractivity contribution is 6.17. The van der Waals surface area contributed by atoms with Crippen LogP contribution < -0.4 is 5.32 Å². The molecule has 0 aliphatic carbocycles. The number of fused-ring (bicyclic) bond motifs is 1. The third-order valence-electron chi connectivity index (χ3n) is 4.43. The second kappa shape index (κ2) is 6.37. The summed E-state index contributed by atoms with van der Waals surface area (Å²) in [6, 6.07) is 6.44. The second-order valence-corrected chi connectivity index (χ2v) is 6.89. The van der Waals surface area contributed by atoms with Crippen molar-refractivity contribution in [3.05, 3.63) is 59.3 Å². The van der Waals surface area contributed by atoms with Crippen molar-refractivity contribution in [1.82, 2.24) is 19.7 Å². The summed E-state index contributed by atoms with van der Waals surface area (Å²) >= 11 is 0. The Morgan fingerprint density at radius 1 is 1.15 bits per heavy atom. The van der Waals surface area contributed by atoms with Crippen LogP contribution in [0.25, 0.3) is 11.1 Å². The molecular formula is C20H22N6. The molecule has 6 heteroatoms. The van der Waals surface area contributed by atoms with E-state index in [0.717, 1.165) is 39.6 Å². The first-order valence-corrected chi connectivity index (χ1v) is 8.79. The van der Waals surface area contributed by atoms with Gasteiger partial charge >= 0.3 is 0 Å². The molecule has 0 bridgehead atoms. The molecule has 0 spiro atoms. The van der Waals surface area contributed by atoms with Crippen LogP contribution in [0.15, 0.2) is 41.8 Å². The Hall–Kier alpha value is -3.02. The molecule has 0 atom stereocenters. The van der Waals surface area contributed by atoms with Gasteiger partial charge in [-0.05, 0) is 50.1 Å². The molecule has 6 nitrogen and oxygen atoms in total. The monoisotopic (exact) mass is 346 g/mol. The van der Waals surface area contributed by atoms with Gasteiger partial charge in [0.05, 0.1) is 23.6 Å². The lowest BCUT2D eigenvalue weighted by Crippen LogP contribution is -2.16. The average molecular weight is 346 g/mol. The van der Waals surface area contributed by atoms with E-state index in [2.05, 4.69) is 40.3 Å². The number of nitrogens with zero attached hydrogens (tertiary/aromatic N) is 5. The SMILES string of the molecule is Cc1nn(C)cc1-c1ccnc(C2=NCc3ccnc(NC(C)C)c32)c1. The highest BCUT2D eigenvalue weighted by Gasteiger charge is 2.23. The molecule has 0 aromatic carbocycles. The molecule has 1 N–H and O–H groups in total. The standard InChI is InChI=1S/C20H22N6/c1-12(2)24-20-18-15(6-8-22-20)10-23-19(18)17-9-14(5-7-21-17)16-11-26(4)25-13(16)3/h5-9,11-12H,10H2,1-4H3,(H,22,24). The fourth-order valence-corrected chi connectivity index (χ4v) is 3.34. The molecule has 4 rings (SSSR count). The molecule has 26 heavy (non-hydrogen) atoms. The maximum Gasteiger partial charge on any atom is 0.136 e. The van der Waals surface area contributed by atoms with Crippen molar-refractivity contribution in [1.29, 1.82) is 0 Å². The Balaban J connectivity index is 1.78. The predicted octanol–water partition coefficient (Wildman–Crippen LogP) is 3.36. The number of anilines is 1. The predicted molar refractivity (Wildman–Crippen MR) is 104 cm³/mol. The summed E-state index contributed by atoms with van der Waals surface area (Å²) in [5.41, 5.74) is 7.23. The van der Waals surface area contributed by atoms with Crippen LogP contribution in [0, 0.1) is 6.92 Å². The Labute approximate surface area is 153 Å². The molecule has 0 saturated carbocycles. The van der Waals surface area contributed by atoms with Crippen LogP contribution in [-0.4, -0.2) is 31.5 Å². The van der Waals surface area contributed by atoms with Gasteiger partial charge in [0.2, 0.25) is 0 Å². The summed E-state index contributed by atoms with van der Waals surface area (Å²) in [7, 11) is 1.94. The molecule has 3 aromatic heterocycles. The minimum Gasteiger partial charge on any atom is -0.367 e. The van der Waals surface area contributed by atoms with Gasteiger partial charge in [-0.1, -0.05) is 0 Å². The maximum absolute atomic E-state index is 4.76. The van der Waals surface area contributed by atoms with E-state index < -0.39 is 0 Å². The molecule has 0 fully saturated rings. The third-order valence-corrected chi connectivity index (χ3v) is 4.43. The molecule has 0 radical (unpaired) electrons. The molecule has 1 aliphatic rings. The first kappa shape index (κ1) is 16.4. The molecule has 0 saturated heterocycles. The van der Waals surface area contributed by atoms with Gasteiger partial charge in [-0.25, -0.2) is 4.98 Å². The van der Waals surface area contributed by atoms with Crippen LogP contribution in [0.5, 0.6) is 0 Å². The van der Waals surface area contributed by atoms with Crippen molar-refractivity contribution in [2.75, 3.05) is 5.32 Å². The zero-order chi connectivity index (χ0) is 18.3. The number of aliphatic imine (C=N–C) groups is 1. The van der Waals surface area contributed by atoms with Crippen molar-refractivity contribution in [3.8, 4) is 11.1 Å². The molecule has 0 unspecified atom stereocenters. The van der Waals surface area contributed by atoms with Crippen LogP contribution in [-0.2, 0) is 13.6 Å². The van der Waals surface area contributed by atoms with Crippen molar-refractivity contribution < 1.29 is 0 Å². The summed E-state index contributed by atoms with van der Waals surface area (Å²) in [6.07, 6.45) is 5.71. The summed E-state index contributed by atoms with van der Waals surface area (Å²) < 4.78 is 1.84. The quantitative estimate of drug-likeness (QED) is 0.786. The molecule has 4 heterocycles. The van der Waals surface area contributed by atoms with Gasteiger partial charge in [0.25, 0.3) is 0 Å².